The molecule has 0 N–H and O–H groups in total. The van der Waals surface area contributed by atoms with E-state index in [4.69, 9.17) is 0 Å². The second-order valence-electron chi connectivity index (χ2n) is 15.2. The van der Waals surface area contributed by atoms with Crippen molar-refractivity contribution in [1.82, 2.24) is 0 Å². The monoisotopic (exact) mass is 692 g/mol. The minimum Gasteiger partial charge on any atom is -0.0932 e. The summed E-state index contributed by atoms with van der Waals surface area (Å²) in [4.78, 5) is 0. The van der Waals surface area contributed by atoms with Gasteiger partial charge in [0.15, 0.2) is 0 Å². The number of hydrogen-bond donors (Lipinski definition) is 0. The smallest absolute Gasteiger partial charge is 0.00578 e. The lowest BCUT2D eigenvalue weighted by atomic mass is 9.85. The van der Waals surface area contributed by atoms with Crippen LogP contribution in [0.5, 0.6) is 0 Å². The molecule has 0 aliphatic carbocycles. The lowest BCUT2D eigenvalue weighted by molar-refractivity contribution is 1.28. The Kier molecular flexibility index (Phi) is 7.47. The third-order valence-electron chi connectivity index (χ3n) is 11.9. The van der Waals surface area contributed by atoms with E-state index in [9.17, 15) is 0 Å². The Morgan fingerprint density at radius 1 is 0.353 bits per heavy atom. The molecule has 10 rings (SSSR count). The highest BCUT2D eigenvalue weighted by molar-refractivity contribution is 7.73. The molecule has 0 saturated heterocycles. The predicted octanol–water partition coefficient (Wildman–Crippen LogP) is 14.5. The van der Waals surface area contributed by atoms with Gasteiger partial charge in [-0.05, 0) is 168 Å². The molecule has 0 unspecified atom stereocenters. The van der Waals surface area contributed by atoms with E-state index >= 15 is 0 Å². The van der Waals surface area contributed by atoms with Crippen molar-refractivity contribution in [3.8, 4) is 22.3 Å². The highest BCUT2D eigenvalue weighted by Gasteiger charge is 2.32. The van der Waals surface area contributed by atoms with Crippen LogP contribution in [0, 0.1) is 27.7 Å². The molecule has 0 nitrogen and oxygen atoms in total. The van der Waals surface area contributed by atoms with Gasteiger partial charge in [0.05, 0.1) is 0 Å². The lowest BCUT2D eigenvalue weighted by Gasteiger charge is -2.26. The molecule has 51 heavy (non-hydrogen) atoms. The van der Waals surface area contributed by atoms with Gasteiger partial charge in [0.1, 0.15) is 0 Å². The van der Waals surface area contributed by atoms with E-state index in [0.717, 1.165) is 0 Å². The zero-order chi connectivity index (χ0) is 34.4. The van der Waals surface area contributed by atoms with E-state index in [1.54, 1.807) is 22.3 Å². The van der Waals surface area contributed by atoms with Gasteiger partial charge in [-0.1, -0.05) is 137 Å². The molecule has 8 aromatic carbocycles. The molecule has 0 radical (unpaired) electrons. The molecule has 0 bridgehead atoms. The van der Waals surface area contributed by atoms with Gasteiger partial charge in [0.2, 0.25) is 0 Å². The first kappa shape index (κ1) is 31.4. The Hall–Kier alpha value is -4.34. The van der Waals surface area contributed by atoms with Crippen LogP contribution < -0.4 is 0 Å². The largest absolute Gasteiger partial charge is 0.0932 e. The van der Waals surface area contributed by atoms with Crippen LogP contribution in [-0.4, -0.2) is 5.90 Å². The molecule has 2 heterocycles. The fourth-order valence-electron chi connectivity index (χ4n) is 9.57. The summed E-state index contributed by atoms with van der Waals surface area (Å²) in [5.41, 5.74) is 18.3. The van der Waals surface area contributed by atoms with Crippen molar-refractivity contribution in [2.75, 3.05) is 5.90 Å². The van der Waals surface area contributed by atoms with Gasteiger partial charge in [-0.2, -0.15) is 0 Å². The van der Waals surface area contributed by atoms with Crippen molar-refractivity contribution in [2.45, 2.75) is 52.3 Å². The van der Waals surface area contributed by atoms with E-state index in [0.29, 0.717) is 0 Å². The van der Waals surface area contributed by atoms with Gasteiger partial charge >= 0.3 is 0 Å². The average molecular weight is 693 g/mol. The van der Waals surface area contributed by atoms with Crippen molar-refractivity contribution in [3.63, 3.8) is 0 Å². The number of fused-ring (bicyclic) bond motifs is 14. The standard InChI is InChI=1S/C49H42P2/c1-30-21-34-13-5-9-17-38(34)46-42(30)25-50(26-43-31(2)22-35-14-6-10-18-39(35)47(43)46)29-51-27-44-32(3)23-36-15-7-11-19-40(36)48(44)49-41-20-12-8-16-37(41)24-33(4)45(49)28-51/h5-24H,25-29H2,1-4H3. The fourth-order valence-corrected chi connectivity index (χ4v) is 17.1. The summed E-state index contributed by atoms with van der Waals surface area (Å²) in [5.74, 6) is 1.35. The summed E-state index contributed by atoms with van der Waals surface area (Å²) in [6.45, 7) is 9.53. The summed E-state index contributed by atoms with van der Waals surface area (Å²) in [7, 11) is -0.575. The van der Waals surface area contributed by atoms with E-state index in [2.05, 4.69) is 149 Å². The number of rotatable bonds is 2. The zero-order valence-electron chi connectivity index (χ0n) is 30.0. The first-order valence-electron chi connectivity index (χ1n) is 18.4. The Morgan fingerprint density at radius 2 is 0.588 bits per heavy atom. The Balaban J connectivity index is 1.17. The lowest BCUT2D eigenvalue weighted by Crippen LogP contribution is -1.98. The normalized spacial score (nSPS) is 14.7. The molecule has 0 fully saturated rings. The first-order chi connectivity index (χ1) is 24.9. The van der Waals surface area contributed by atoms with Gasteiger partial charge in [0, 0.05) is 0 Å². The molecule has 2 aliphatic rings. The van der Waals surface area contributed by atoms with Crippen LogP contribution in [-0.2, 0) is 24.6 Å². The van der Waals surface area contributed by atoms with Crippen LogP contribution >= 0.6 is 15.8 Å². The van der Waals surface area contributed by atoms with E-state index in [-0.39, 0.29) is 15.8 Å². The molecular weight excluding hydrogens is 650 g/mol. The second kappa shape index (κ2) is 12.1. The van der Waals surface area contributed by atoms with Crippen molar-refractivity contribution in [2.24, 2.45) is 0 Å². The Bertz CT molecular complexity index is 2360. The molecule has 248 valence electrons. The molecule has 0 aromatic heterocycles. The summed E-state index contributed by atoms with van der Waals surface area (Å²) in [5, 5.41) is 11.1. The van der Waals surface area contributed by atoms with Gasteiger partial charge in [-0.15, -0.1) is 0 Å². The van der Waals surface area contributed by atoms with Crippen LogP contribution in [0.2, 0.25) is 0 Å². The predicted molar refractivity (Wildman–Crippen MR) is 226 cm³/mol. The Morgan fingerprint density at radius 3 is 0.843 bits per heavy atom. The van der Waals surface area contributed by atoms with Crippen molar-refractivity contribution >= 4 is 58.9 Å². The molecule has 0 atom stereocenters. The maximum Gasteiger partial charge on any atom is -0.00578 e. The molecule has 8 aromatic rings. The maximum absolute atomic E-state index is 2.47. The summed E-state index contributed by atoms with van der Waals surface area (Å²) >= 11 is 0. The first-order valence-corrected chi connectivity index (χ1v) is 22.2. The van der Waals surface area contributed by atoms with E-state index in [1.165, 1.54) is 118 Å². The van der Waals surface area contributed by atoms with Gasteiger partial charge in [-0.25, -0.2) is 0 Å². The number of aryl methyl sites for hydroxylation is 4. The van der Waals surface area contributed by atoms with Crippen LogP contribution in [0.3, 0.4) is 0 Å². The van der Waals surface area contributed by atoms with Crippen LogP contribution in [0.15, 0.2) is 121 Å². The quantitative estimate of drug-likeness (QED) is 0.158. The highest BCUT2D eigenvalue weighted by Crippen LogP contribution is 2.64. The van der Waals surface area contributed by atoms with Crippen LogP contribution in [0.4, 0.5) is 0 Å². The fraction of sp³-hybridized carbons (Fsp3) is 0.184. The van der Waals surface area contributed by atoms with Crippen LogP contribution in [0.1, 0.15) is 44.5 Å². The van der Waals surface area contributed by atoms with Crippen molar-refractivity contribution in [1.29, 1.82) is 0 Å². The van der Waals surface area contributed by atoms with Crippen molar-refractivity contribution < 1.29 is 0 Å². The molecule has 2 heteroatoms. The number of hydrogen-bond acceptors (Lipinski definition) is 0. The second-order valence-corrected chi connectivity index (χ2v) is 20.3. The maximum atomic E-state index is 2.47. The molecular formula is C49H42P2. The van der Waals surface area contributed by atoms with E-state index in [1.807, 2.05) is 0 Å². The summed E-state index contributed by atoms with van der Waals surface area (Å²) in [6.07, 6.45) is 4.82. The van der Waals surface area contributed by atoms with Gasteiger partial charge in [-0.3, -0.25) is 0 Å². The van der Waals surface area contributed by atoms with Gasteiger partial charge < -0.3 is 0 Å². The zero-order valence-corrected chi connectivity index (χ0v) is 31.8. The molecule has 2 aliphatic heterocycles. The molecule has 0 amide bonds. The Labute approximate surface area is 304 Å². The highest BCUT2D eigenvalue weighted by atomic mass is 31.2. The SMILES string of the molecule is Cc1cc2ccccc2c2c1CP(CP1Cc3c(C)cc4ccccc4c3-c3c(c(C)cc4ccccc34)C1)Cc1c(C)cc3ccccc3c1-2. The average Bonchev–Trinajstić information content (AvgIpc) is 3.42. The summed E-state index contributed by atoms with van der Waals surface area (Å²) in [6, 6.07) is 46.4. The third kappa shape index (κ3) is 5.02. The third-order valence-corrected chi connectivity index (χ3v) is 18.2. The van der Waals surface area contributed by atoms with Gasteiger partial charge in [0.25, 0.3) is 0 Å². The minimum absolute atomic E-state index is 0.288. The number of benzene rings is 8. The summed E-state index contributed by atoms with van der Waals surface area (Å²) < 4.78 is 0. The minimum atomic E-state index is -0.288. The molecule has 0 saturated carbocycles. The molecule has 0 spiro atoms. The topological polar surface area (TPSA) is 0 Å². The van der Waals surface area contributed by atoms with Crippen molar-refractivity contribution in [3.05, 3.63) is 166 Å². The van der Waals surface area contributed by atoms with Crippen LogP contribution in [0.25, 0.3) is 65.3 Å². The van der Waals surface area contributed by atoms with E-state index < -0.39 is 0 Å².